The molecule has 2 N–H and O–H groups in total. The van der Waals surface area contributed by atoms with Crippen LogP contribution in [0.5, 0.6) is 0 Å². The first kappa shape index (κ1) is 11.0. The summed E-state index contributed by atoms with van der Waals surface area (Å²) in [6.07, 6.45) is 2.73. The van der Waals surface area contributed by atoms with Gasteiger partial charge in [0.05, 0.1) is 6.10 Å². The first-order chi connectivity index (χ1) is 6.11. The molecule has 0 spiro atoms. The highest BCUT2D eigenvalue weighted by Crippen LogP contribution is 2.25. The quantitative estimate of drug-likeness (QED) is 0.686. The van der Waals surface area contributed by atoms with Gasteiger partial charge in [0.25, 0.3) is 0 Å². The number of likely N-dealkylation sites (N-methyl/N-ethyl adjacent to an activating group) is 1. The number of rotatable bonds is 5. The van der Waals surface area contributed by atoms with Crippen molar-refractivity contribution in [3.8, 4) is 0 Å². The second-order valence-corrected chi connectivity index (χ2v) is 4.37. The lowest BCUT2D eigenvalue weighted by atomic mass is 9.80. The maximum Gasteiger partial charge on any atom is 0.0669 e. The minimum Gasteiger partial charge on any atom is -0.380 e. The van der Waals surface area contributed by atoms with E-state index >= 15 is 0 Å². The van der Waals surface area contributed by atoms with Gasteiger partial charge >= 0.3 is 0 Å². The van der Waals surface area contributed by atoms with Crippen molar-refractivity contribution in [1.82, 2.24) is 4.90 Å². The molecule has 0 aliphatic heterocycles. The number of nitrogens with two attached hydrogens (primary N) is 1. The normalized spacial score (nSPS) is 30.2. The second-order valence-electron chi connectivity index (χ2n) is 4.37. The van der Waals surface area contributed by atoms with Crippen molar-refractivity contribution in [2.45, 2.75) is 31.9 Å². The monoisotopic (exact) mass is 186 g/mol. The van der Waals surface area contributed by atoms with Gasteiger partial charge in [0, 0.05) is 26.2 Å². The molecule has 0 aromatic carbocycles. The third-order valence-electron chi connectivity index (χ3n) is 2.81. The molecule has 3 nitrogen and oxygen atoms in total. The van der Waals surface area contributed by atoms with Crippen LogP contribution in [0.1, 0.15) is 19.8 Å². The molecule has 1 unspecified atom stereocenters. The Hall–Kier alpha value is -0.120. The largest absolute Gasteiger partial charge is 0.380 e. The average Bonchev–Trinajstić information content (AvgIpc) is 2.01. The molecule has 1 atom stereocenters. The molecule has 1 aliphatic carbocycles. The van der Waals surface area contributed by atoms with E-state index in [4.69, 9.17) is 10.5 Å². The lowest BCUT2D eigenvalue weighted by Crippen LogP contribution is -2.43. The molecule has 0 radical (unpaired) electrons. The predicted octanol–water partition coefficient (Wildman–Crippen LogP) is 0.690. The summed E-state index contributed by atoms with van der Waals surface area (Å²) in [5.74, 6) is 0.823. The fourth-order valence-electron chi connectivity index (χ4n) is 1.97. The maximum absolute atomic E-state index is 5.73. The smallest absolute Gasteiger partial charge is 0.0669 e. The lowest BCUT2D eigenvalue weighted by Gasteiger charge is -2.35. The van der Waals surface area contributed by atoms with Crippen molar-refractivity contribution in [2.24, 2.45) is 11.7 Å². The van der Waals surface area contributed by atoms with Gasteiger partial charge < -0.3 is 15.4 Å². The molecule has 1 fully saturated rings. The molecule has 1 aliphatic rings. The van der Waals surface area contributed by atoms with Crippen molar-refractivity contribution >= 4 is 0 Å². The molecule has 0 amide bonds. The van der Waals surface area contributed by atoms with Gasteiger partial charge in [-0.2, -0.15) is 0 Å². The molecule has 0 saturated heterocycles. The number of methoxy groups -OCH3 is 1. The summed E-state index contributed by atoms with van der Waals surface area (Å²) in [4.78, 5) is 2.34. The van der Waals surface area contributed by atoms with Crippen LogP contribution in [0.25, 0.3) is 0 Å². The van der Waals surface area contributed by atoms with Crippen molar-refractivity contribution in [3.05, 3.63) is 0 Å². The van der Waals surface area contributed by atoms with Gasteiger partial charge in [0.1, 0.15) is 0 Å². The average molecular weight is 186 g/mol. The molecule has 78 valence electrons. The van der Waals surface area contributed by atoms with Gasteiger partial charge in [-0.25, -0.2) is 0 Å². The van der Waals surface area contributed by atoms with Crippen LogP contribution < -0.4 is 5.73 Å². The number of ether oxygens (including phenoxy) is 1. The Labute approximate surface area is 81.2 Å². The highest BCUT2D eigenvalue weighted by atomic mass is 16.5. The third kappa shape index (κ3) is 3.63. The van der Waals surface area contributed by atoms with Gasteiger partial charge in [0.2, 0.25) is 0 Å². The Morgan fingerprint density at radius 2 is 2.15 bits per heavy atom. The summed E-state index contributed by atoms with van der Waals surface area (Å²) in [6.45, 7) is 4.28. The van der Waals surface area contributed by atoms with Crippen LogP contribution >= 0.6 is 0 Å². The Morgan fingerprint density at radius 1 is 1.54 bits per heavy atom. The van der Waals surface area contributed by atoms with E-state index in [1.54, 1.807) is 7.11 Å². The van der Waals surface area contributed by atoms with Crippen LogP contribution in [0, 0.1) is 5.92 Å². The van der Waals surface area contributed by atoms with Gasteiger partial charge in [0.15, 0.2) is 0 Å². The fourth-order valence-corrected chi connectivity index (χ4v) is 1.97. The fraction of sp³-hybridized carbons (Fsp3) is 1.00. The highest BCUT2D eigenvalue weighted by Gasteiger charge is 2.26. The van der Waals surface area contributed by atoms with Crippen LogP contribution in [0.2, 0.25) is 0 Å². The van der Waals surface area contributed by atoms with E-state index in [1.165, 1.54) is 19.4 Å². The topological polar surface area (TPSA) is 38.5 Å². The predicted molar refractivity (Wildman–Crippen MR) is 54.7 cm³/mol. The molecule has 0 aromatic heterocycles. The zero-order valence-electron chi connectivity index (χ0n) is 8.99. The van der Waals surface area contributed by atoms with Crippen molar-refractivity contribution < 1.29 is 4.74 Å². The maximum atomic E-state index is 5.73. The zero-order chi connectivity index (χ0) is 9.84. The Balaban J connectivity index is 2.07. The summed E-state index contributed by atoms with van der Waals surface area (Å²) < 4.78 is 5.21. The van der Waals surface area contributed by atoms with Crippen LogP contribution in [-0.2, 0) is 4.74 Å². The van der Waals surface area contributed by atoms with Crippen LogP contribution in [-0.4, -0.2) is 44.3 Å². The standard InChI is InChI=1S/C10H22N2O/c1-8(13-3)6-12(2)7-9-4-10(11)5-9/h8-10H,4-7,11H2,1-3H3. The number of hydrogen-bond donors (Lipinski definition) is 1. The van der Waals surface area contributed by atoms with Crippen molar-refractivity contribution in [3.63, 3.8) is 0 Å². The molecule has 3 heteroatoms. The molecule has 1 rings (SSSR count). The van der Waals surface area contributed by atoms with Crippen LogP contribution in [0.4, 0.5) is 0 Å². The molecule has 13 heavy (non-hydrogen) atoms. The van der Waals surface area contributed by atoms with Crippen LogP contribution in [0.15, 0.2) is 0 Å². The van der Waals surface area contributed by atoms with Gasteiger partial charge in [-0.1, -0.05) is 0 Å². The second kappa shape index (κ2) is 4.94. The van der Waals surface area contributed by atoms with E-state index < -0.39 is 0 Å². The number of nitrogens with zero attached hydrogens (tertiary/aromatic N) is 1. The van der Waals surface area contributed by atoms with Gasteiger partial charge in [-0.3, -0.25) is 0 Å². The molecule has 0 bridgehead atoms. The van der Waals surface area contributed by atoms with Crippen LogP contribution in [0.3, 0.4) is 0 Å². The summed E-state index contributed by atoms with van der Waals surface area (Å²) in [5.41, 5.74) is 5.73. The molecular weight excluding hydrogens is 164 g/mol. The van der Waals surface area contributed by atoms with Crippen molar-refractivity contribution in [2.75, 3.05) is 27.2 Å². The Morgan fingerprint density at radius 3 is 2.62 bits per heavy atom. The third-order valence-corrected chi connectivity index (χ3v) is 2.81. The van der Waals surface area contributed by atoms with E-state index in [0.29, 0.717) is 12.1 Å². The van der Waals surface area contributed by atoms with Gasteiger partial charge in [-0.05, 0) is 32.7 Å². The molecule has 0 heterocycles. The Bertz CT molecular complexity index is 146. The van der Waals surface area contributed by atoms with Crippen molar-refractivity contribution in [1.29, 1.82) is 0 Å². The van der Waals surface area contributed by atoms with E-state index in [0.717, 1.165) is 12.5 Å². The first-order valence-corrected chi connectivity index (χ1v) is 5.08. The summed E-state index contributed by atoms with van der Waals surface area (Å²) in [5, 5.41) is 0. The number of hydrogen-bond acceptors (Lipinski definition) is 3. The van der Waals surface area contributed by atoms with E-state index in [1.807, 2.05) is 0 Å². The van der Waals surface area contributed by atoms with Gasteiger partial charge in [-0.15, -0.1) is 0 Å². The first-order valence-electron chi connectivity index (χ1n) is 5.08. The Kier molecular flexibility index (Phi) is 4.16. The summed E-state index contributed by atoms with van der Waals surface area (Å²) in [7, 11) is 3.91. The molecule has 1 saturated carbocycles. The molecular formula is C10H22N2O. The summed E-state index contributed by atoms with van der Waals surface area (Å²) >= 11 is 0. The minimum atomic E-state index is 0.332. The van der Waals surface area contributed by atoms with E-state index in [-0.39, 0.29) is 0 Å². The minimum absolute atomic E-state index is 0.332. The zero-order valence-corrected chi connectivity index (χ0v) is 8.99. The summed E-state index contributed by atoms with van der Waals surface area (Å²) in [6, 6.07) is 0.471. The van der Waals surface area contributed by atoms with E-state index in [2.05, 4.69) is 18.9 Å². The lowest BCUT2D eigenvalue weighted by molar-refractivity contribution is 0.0726. The highest BCUT2D eigenvalue weighted by molar-refractivity contribution is 4.83. The van der Waals surface area contributed by atoms with E-state index in [9.17, 15) is 0 Å². The SMILES string of the molecule is COC(C)CN(C)CC1CC(N)C1. The molecule has 0 aromatic rings.